The van der Waals surface area contributed by atoms with Crippen LogP contribution in [0, 0.1) is 5.82 Å². The Bertz CT molecular complexity index is 1400. The number of thiazole rings is 1. The lowest BCUT2D eigenvalue weighted by Gasteiger charge is -2.12. The van der Waals surface area contributed by atoms with Crippen LogP contribution < -0.4 is 11.3 Å². The van der Waals surface area contributed by atoms with E-state index in [1.807, 2.05) is 6.07 Å². The van der Waals surface area contributed by atoms with Crippen molar-refractivity contribution in [1.82, 2.24) is 20.2 Å². The van der Waals surface area contributed by atoms with E-state index in [4.69, 9.17) is 5.73 Å². The second-order valence-electron chi connectivity index (χ2n) is 5.81. The number of nitrogens with zero attached hydrogens (tertiary/aromatic N) is 2. The molecule has 0 aliphatic heterocycles. The van der Waals surface area contributed by atoms with E-state index in [1.165, 1.54) is 23.6 Å². The highest BCUT2D eigenvalue weighted by Crippen LogP contribution is 2.40. The summed E-state index contributed by atoms with van der Waals surface area (Å²) >= 11 is 5.03. The lowest BCUT2D eigenvalue weighted by molar-refractivity contribution is 0.636. The minimum atomic E-state index is -0.419. The van der Waals surface area contributed by atoms with Crippen molar-refractivity contribution in [2.24, 2.45) is 0 Å². The molecule has 128 valence electrons. The maximum absolute atomic E-state index is 14.1. The summed E-state index contributed by atoms with van der Waals surface area (Å²) < 4.78 is 15.8. The Morgan fingerprint density at radius 2 is 2.08 bits per heavy atom. The monoisotopic (exact) mass is 429 g/mol. The molecule has 0 saturated heterocycles. The highest BCUT2D eigenvalue weighted by Gasteiger charge is 2.19. The number of H-pyrrole nitrogens is 2. The van der Waals surface area contributed by atoms with Crippen LogP contribution in [0.25, 0.3) is 43.1 Å². The highest BCUT2D eigenvalue weighted by molar-refractivity contribution is 9.10. The number of fused-ring (bicyclic) bond motifs is 4. The molecule has 0 fully saturated rings. The molecule has 0 aliphatic rings. The molecule has 0 bridgehead atoms. The van der Waals surface area contributed by atoms with Gasteiger partial charge < -0.3 is 10.7 Å². The van der Waals surface area contributed by atoms with E-state index in [2.05, 4.69) is 36.1 Å². The minimum Gasteiger partial charge on any atom is -0.394 e. The number of hydrogen-bond donors (Lipinski definition) is 3. The normalized spacial score (nSPS) is 11.8. The van der Waals surface area contributed by atoms with Crippen molar-refractivity contribution in [3.05, 3.63) is 50.6 Å². The van der Waals surface area contributed by atoms with Gasteiger partial charge in [0.15, 0.2) is 0 Å². The van der Waals surface area contributed by atoms with Gasteiger partial charge in [0.05, 0.1) is 21.9 Å². The number of benzene rings is 2. The molecule has 3 heterocycles. The van der Waals surface area contributed by atoms with E-state index in [-0.39, 0.29) is 11.2 Å². The van der Waals surface area contributed by atoms with Crippen LogP contribution in [0.4, 0.5) is 10.1 Å². The number of hydrogen-bond acceptors (Lipinski definition) is 5. The molecule has 0 aliphatic carbocycles. The first-order valence-electron chi connectivity index (χ1n) is 7.55. The average molecular weight is 430 g/mol. The van der Waals surface area contributed by atoms with Gasteiger partial charge in [-0.15, -0.1) is 11.3 Å². The fourth-order valence-electron chi connectivity index (χ4n) is 3.26. The largest absolute Gasteiger partial charge is 0.394 e. The maximum atomic E-state index is 14.1. The van der Waals surface area contributed by atoms with Crippen LogP contribution in [-0.4, -0.2) is 20.2 Å². The molecule has 0 amide bonds. The standard InChI is InChI=1S/C17H9BrFN5OS/c18-9-3-7-11(6-1-2-10(19)13-8(6)4-22-24-13)12(20)17(25)23-14(7)15-16(9)26-5-21-15/h1-5H,20H2,(H,22,24)(H,23,25). The van der Waals surface area contributed by atoms with E-state index in [0.717, 1.165) is 14.6 Å². The van der Waals surface area contributed by atoms with Gasteiger partial charge in [0.1, 0.15) is 22.5 Å². The molecular formula is C17H9BrFN5OS. The first-order chi connectivity index (χ1) is 12.6. The van der Waals surface area contributed by atoms with Crippen molar-refractivity contribution >= 4 is 65.0 Å². The van der Waals surface area contributed by atoms with Gasteiger partial charge in [-0.2, -0.15) is 5.10 Å². The zero-order valence-corrected chi connectivity index (χ0v) is 15.3. The van der Waals surface area contributed by atoms with Gasteiger partial charge in [-0.3, -0.25) is 9.89 Å². The quantitative estimate of drug-likeness (QED) is 0.372. The summed E-state index contributed by atoms with van der Waals surface area (Å²) in [6, 6.07) is 4.84. The fraction of sp³-hybridized carbons (Fsp3) is 0. The predicted molar refractivity (Wildman–Crippen MR) is 105 cm³/mol. The summed E-state index contributed by atoms with van der Waals surface area (Å²) in [4.78, 5) is 19.7. The van der Waals surface area contributed by atoms with Gasteiger partial charge in [0.25, 0.3) is 5.56 Å². The summed E-state index contributed by atoms with van der Waals surface area (Å²) in [6.07, 6.45) is 1.52. The SMILES string of the molecule is Nc1c(-c2ccc(F)c3[nH]ncc23)c2cc(Br)c3scnc3c2[nH]c1=O. The van der Waals surface area contributed by atoms with Crippen LogP contribution in [-0.2, 0) is 0 Å². The van der Waals surface area contributed by atoms with Gasteiger partial charge in [0, 0.05) is 20.8 Å². The molecule has 5 aromatic rings. The number of rotatable bonds is 1. The van der Waals surface area contributed by atoms with Crippen LogP contribution in [0.1, 0.15) is 0 Å². The summed E-state index contributed by atoms with van der Waals surface area (Å²) in [7, 11) is 0. The predicted octanol–water partition coefficient (Wildman–Crippen LogP) is 4.16. The third-order valence-corrected chi connectivity index (χ3v) is 6.17. The first kappa shape index (κ1) is 15.5. The first-order valence-corrected chi connectivity index (χ1v) is 9.22. The molecule has 9 heteroatoms. The van der Waals surface area contributed by atoms with Gasteiger partial charge in [-0.1, -0.05) is 6.07 Å². The highest BCUT2D eigenvalue weighted by atomic mass is 79.9. The fourth-order valence-corrected chi connectivity index (χ4v) is 4.66. The minimum absolute atomic E-state index is 0.0630. The Labute approximate surface area is 157 Å². The number of nitrogens with one attached hydrogen (secondary N) is 2. The van der Waals surface area contributed by atoms with Gasteiger partial charge in [-0.25, -0.2) is 9.37 Å². The van der Waals surface area contributed by atoms with Crippen molar-refractivity contribution in [2.75, 3.05) is 5.73 Å². The molecule has 0 spiro atoms. The second kappa shape index (κ2) is 5.36. The Balaban J connectivity index is 2.03. The van der Waals surface area contributed by atoms with Gasteiger partial charge >= 0.3 is 0 Å². The number of halogens is 2. The number of nitrogens with two attached hydrogens (primary N) is 1. The Morgan fingerprint density at radius 1 is 1.23 bits per heavy atom. The number of aromatic nitrogens is 4. The van der Waals surface area contributed by atoms with Crippen molar-refractivity contribution in [2.45, 2.75) is 0 Å². The second-order valence-corrected chi connectivity index (χ2v) is 7.52. The van der Waals surface area contributed by atoms with E-state index in [9.17, 15) is 9.18 Å². The van der Waals surface area contributed by atoms with E-state index in [0.29, 0.717) is 27.5 Å². The molecule has 0 radical (unpaired) electrons. The molecule has 2 aromatic carbocycles. The molecule has 5 rings (SSSR count). The van der Waals surface area contributed by atoms with E-state index < -0.39 is 11.4 Å². The number of aromatic amines is 2. The zero-order chi connectivity index (χ0) is 18.0. The van der Waals surface area contributed by atoms with Crippen LogP contribution in [0.2, 0.25) is 0 Å². The van der Waals surface area contributed by atoms with Crippen LogP contribution in [0.15, 0.2) is 39.2 Å². The van der Waals surface area contributed by atoms with Crippen molar-refractivity contribution in [3.8, 4) is 11.1 Å². The Kier molecular flexibility index (Phi) is 3.19. The number of nitrogen functional groups attached to an aromatic ring is 1. The van der Waals surface area contributed by atoms with Crippen LogP contribution >= 0.6 is 27.3 Å². The van der Waals surface area contributed by atoms with E-state index >= 15 is 0 Å². The number of anilines is 1. The van der Waals surface area contributed by atoms with Gasteiger partial charge in [-0.05, 0) is 33.6 Å². The molecule has 26 heavy (non-hydrogen) atoms. The van der Waals surface area contributed by atoms with E-state index in [1.54, 1.807) is 11.6 Å². The smallest absolute Gasteiger partial charge is 0.272 e. The molecule has 0 saturated carbocycles. The Hall–Kier alpha value is -2.78. The molecule has 3 aromatic heterocycles. The topological polar surface area (TPSA) is 100 Å². The van der Waals surface area contributed by atoms with Crippen molar-refractivity contribution in [1.29, 1.82) is 0 Å². The molecule has 0 unspecified atom stereocenters. The van der Waals surface area contributed by atoms with Gasteiger partial charge in [0.2, 0.25) is 0 Å². The van der Waals surface area contributed by atoms with Crippen LogP contribution in [0.5, 0.6) is 0 Å². The molecule has 4 N–H and O–H groups in total. The summed E-state index contributed by atoms with van der Waals surface area (Å²) in [5.41, 5.74) is 10.2. The average Bonchev–Trinajstić information content (AvgIpc) is 3.29. The third-order valence-electron chi connectivity index (χ3n) is 4.42. The summed E-state index contributed by atoms with van der Waals surface area (Å²) in [5, 5.41) is 7.85. The van der Waals surface area contributed by atoms with Crippen LogP contribution in [0.3, 0.4) is 0 Å². The summed E-state index contributed by atoms with van der Waals surface area (Å²) in [6.45, 7) is 0. The molecule has 6 nitrogen and oxygen atoms in total. The summed E-state index contributed by atoms with van der Waals surface area (Å²) in [5.74, 6) is -0.419. The third kappa shape index (κ3) is 1.98. The van der Waals surface area contributed by atoms with Crippen molar-refractivity contribution < 1.29 is 4.39 Å². The molecule has 0 atom stereocenters. The Morgan fingerprint density at radius 3 is 2.92 bits per heavy atom. The zero-order valence-electron chi connectivity index (χ0n) is 12.9. The lowest BCUT2D eigenvalue weighted by Crippen LogP contribution is -2.13. The lowest BCUT2D eigenvalue weighted by atomic mass is 9.96. The maximum Gasteiger partial charge on any atom is 0.272 e. The number of pyridine rings is 1. The molecular weight excluding hydrogens is 421 g/mol. The van der Waals surface area contributed by atoms with Crippen molar-refractivity contribution in [3.63, 3.8) is 0 Å².